The highest BCUT2D eigenvalue weighted by atomic mass is 16.3. The summed E-state index contributed by atoms with van der Waals surface area (Å²) in [6.45, 7) is 0. The van der Waals surface area contributed by atoms with Crippen molar-refractivity contribution >= 4 is 11.0 Å². The van der Waals surface area contributed by atoms with Crippen LogP contribution in [0.3, 0.4) is 0 Å². The van der Waals surface area contributed by atoms with Crippen LogP contribution in [-0.4, -0.2) is 15.3 Å². The van der Waals surface area contributed by atoms with E-state index in [1.807, 2.05) is 30.3 Å². The molecule has 0 fully saturated rings. The SMILES string of the molecule is N=c1cc(-c2ccccc2)oc2cc(O)c(O)c(O)c12. The van der Waals surface area contributed by atoms with Gasteiger partial charge in [0.25, 0.3) is 0 Å². The lowest BCUT2D eigenvalue weighted by Crippen LogP contribution is -2.01. The molecule has 0 saturated carbocycles. The highest BCUT2D eigenvalue weighted by molar-refractivity contribution is 5.88. The molecule has 0 amide bonds. The van der Waals surface area contributed by atoms with Gasteiger partial charge in [-0.2, -0.15) is 0 Å². The van der Waals surface area contributed by atoms with E-state index in [1.165, 1.54) is 12.1 Å². The lowest BCUT2D eigenvalue weighted by atomic mass is 10.1. The van der Waals surface area contributed by atoms with Gasteiger partial charge in [-0.3, -0.25) is 5.41 Å². The van der Waals surface area contributed by atoms with E-state index < -0.39 is 17.2 Å². The minimum absolute atomic E-state index is 0.00194. The van der Waals surface area contributed by atoms with Crippen LogP contribution in [0.1, 0.15) is 0 Å². The first-order chi connectivity index (χ1) is 9.58. The van der Waals surface area contributed by atoms with E-state index in [-0.39, 0.29) is 16.3 Å². The predicted molar refractivity (Wildman–Crippen MR) is 72.5 cm³/mol. The standard InChI is InChI=1S/C15H11NO4/c16-9-6-11(8-4-2-1-3-5-8)20-12-7-10(17)14(18)15(19)13(9)12/h1-7,16-19H. The molecule has 1 aromatic heterocycles. The molecule has 3 aromatic rings. The van der Waals surface area contributed by atoms with Crippen LogP contribution < -0.4 is 5.36 Å². The first kappa shape index (κ1) is 12.1. The molecule has 0 spiro atoms. The van der Waals surface area contributed by atoms with Gasteiger partial charge in [-0.25, -0.2) is 0 Å². The van der Waals surface area contributed by atoms with Gasteiger partial charge in [0.1, 0.15) is 11.3 Å². The topological polar surface area (TPSA) is 97.7 Å². The van der Waals surface area contributed by atoms with E-state index in [2.05, 4.69) is 0 Å². The van der Waals surface area contributed by atoms with Gasteiger partial charge in [-0.05, 0) is 0 Å². The minimum atomic E-state index is -0.659. The third-order valence-corrected chi connectivity index (χ3v) is 3.04. The normalized spacial score (nSPS) is 10.8. The number of phenolic OH excluding ortho intramolecular Hbond substituents is 3. The Labute approximate surface area is 113 Å². The summed E-state index contributed by atoms with van der Waals surface area (Å²) in [5.41, 5.74) is 0.902. The quantitative estimate of drug-likeness (QED) is 0.510. The summed E-state index contributed by atoms with van der Waals surface area (Å²) in [6.07, 6.45) is 0. The van der Waals surface area contributed by atoms with Crippen molar-refractivity contribution in [2.24, 2.45) is 0 Å². The Kier molecular flexibility index (Phi) is 2.61. The van der Waals surface area contributed by atoms with Crippen LogP contribution in [0.5, 0.6) is 17.2 Å². The van der Waals surface area contributed by atoms with Gasteiger partial charge >= 0.3 is 0 Å². The second-order valence-corrected chi connectivity index (χ2v) is 4.36. The summed E-state index contributed by atoms with van der Waals surface area (Å²) >= 11 is 0. The van der Waals surface area contributed by atoms with E-state index in [4.69, 9.17) is 9.83 Å². The zero-order chi connectivity index (χ0) is 14.3. The first-order valence-corrected chi connectivity index (χ1v) is 5.89. The number of benzene rings is 2. The molecule has 0 saturated heterocycles. The van der Waals surface area contributed by atoms with Gasteiger partial charge in [0.05, 0.1) is 10.7 Å². The van der Waals surface area contributed by atoms with Gasteiger partial charge in [0.15, 0.2) is 11.5 Å². The van der Waals surface area contributed by atoms with Crippen LogP contribution in [0, 0.1) is 5.41 Å². The Hall–Kier alpha value is -2.95. The predicted octanol–water partition coefficient (Wildman–Crippen LogP) is 2.70. The van der Waals surface area contributed by atoms with Crippen molar-refractivity contribution in [1.82, 2.24) is 0 Å². The number of phenols is 3. The Morgan fingerprint density at radius 1 is 0.900 bits per heavy atom. The molecule has 0 unspecified atom stereocenters. The molecule has 0 aliphatic rings. The summed E-state index contributed by atoms with van der Waals surface area (Å²) < 4.78 is 5.59. The van der Waals surface area contributed by atoms with Crippen molar-refractivity contribution in [3.05, 3.63) is 47.8 Å². The average molecular weight is 269 g/mol. The molecule has 100 valence electrons. The van der Waals surface area contributed by atoms with Crippen LogP contribution in [0.25, 0.3) is 22.3 Å². The maximum Gasteiger partial charge on any atom is 0.201 e. The maximum absolute atomic E-state index is 9.79. The van der Waals surface area contributed by atoms with Gasteiger partial charge < -0.3 is 19.7 Å². The number of nitrogens with one attached hydrogen (secondary N) is 1. The smallest absolute Gasteiger partial charge is 0.201 e. The lowest BCUT2D eigenvalue weighted by Gasteiger charge is -2.07. The number of hydrogen-bond acceptors (Lipinski definition) is 5. The van der Waals surface area contributed by atoms with E-state index in [0.29, 0.717) is 5.76 Å². The van der Waals surface area contributed by atoms with Gasteiger partial charge in [0, 0.05) is 17.7 Å². The fourth-order valence-corrected chi connectivity index (χ4v) is 2.06. The summed E-state index contributed by atoms with van der Waals surface area (Å²) in [5.74, 6) is -1.28. The Morgan fingerprint density at radius 3 is 2.30 bits per heavy atom. The molecule has 4 N–H and O–H groups in total. The van der Waals surface area contributed by atoms with Crippen molar-refractivity contribution in [1.29, 1.82) is 5.41 Å². The van der Waals surface area contributed by atoms with Crippen LogP contribution in [-0.2, 0) is 0 Å². The average Bonchev–Trinajstić information content (AvgIpc) is 2.45. The molecular formula is C15H11NO4. The second-order valence-electron chi connectivity index (χ2n) is 4.36. The van der Waals surface area contributed by atoms with Crippen molar-refractivity contribution in [2.75, 3.05) is 0 Å². The summed E-state index contributed by atoms with van der Waals surface area (Å²) in [6, 6.07) is 11.8. The van der Waals surface area contributed by atoms with Crippen LogP contribution >= 0.6 is 0 Å². The zero-order valence-corrected chi connectivity index (χ0v) is 10.3. The van der Waals surface area contributed by atoms with Crippen LogP contribution in [0.4, 0.5) is 0 Å². The third kappa shape index (κ3) is 1.76. The molecule has 0 atom stereocenters. The Balaban J connectivity index is 2.36. The Bertz CT molecular complexity index is 853. The fraction of sp³-hybridized carbons (Fsp3) is 0. The van der Waals surface area contributed by atoms with Crippen molar-refractivity contribution < 1.29 is 19.7 Å². The molecule has 2 aromatic carbocycles. The summed E-state index contributed by atoms with van der Waals surface area (Å²) in [4.78, 5) is 0. The van der Waals surface area contributed by atoms with Gasteiger partial charge in [-0.1, -0.05) is 30.3 Å². The molecule has 0 radical (unpaired) electrons. The molecule has 3 rings (SSSR count). The summed E-state index contributed by atoms with van der Waals surface area (Å²) in [7, 11) is 0. The number of fused-ring (bicyclic) bond motifs is 1. The fourth-order valence-electron chi connectivity index (χ4n) is 2.06. The molecular weight excluding hydrogens is 258 g/mol. The molecule has 20 heavy (non-hydrogen) atoms. The number of aromatic hydroxyl groups is 3. The molecule has 5 heteroatoms. The van der Waals surface area contributed by atoms with Crippen LogP contribution in [0.2, 0.25) is 0 Å². The lowest BCUT2D eigenvalue weighted by molar-refractivity contribution is 0.370. The highest BCUT2D eigenvalue weighted by Gasteiger charge is 2.15. The molecule has 0 aliphatic heterocycles. The number of rotatable bonds is 1. The third-order valence-electron chi connectivity index (χ3n) is 3.04. The van der Waals surface area contributed by atoms with E-state index >= 15 is 0 Å². The van der Waals surface area contributed by atoms with Crippen molar-refractivity contribution in [2.45, 2.75) is 0 Å². The van der Waals surface area contributed by atoms with E-state index in [9.17, 15) is 15.3 Å². The highest BCUT2D eigenvalue weighted by Crippen LogP contribution is 2.40. The van der Waals surface area contributed by atoms with Gasteiger partial charge in [0.2, 0.25) is 5.75 Å². The first-order valence-electron chi connectivity index (χ1n) is 5.89. The second kappa shape index (κ2) is 4.31. The number of hydrogen-bond donors (Lipinski definition) is 4. The van der Waals surface area contributed by atoms with Gasteiger partial charge in [-0.15, -0.1) is 0 Å². The molecule has 1 heterocycles. The van der Waals surface area contributed by atoms with E-state index in [0.717, 1.165) is 5.56 Å². The molecule has 0 aliphatic carbocycles. The van der Waals surface area contributed by atoms with Crippen molar-refractivity contribution in [3.63, 3.8) is 0 Å². The maximum atomic E-state index is 9.79. The Morgan fingerprint density at radius 2 is 1.60 bits per heavy atom. The largest absolute Gasteiger partial charge is 0.504 e. The minimum Gasteiger partial charge on any atom is -0.504 e. The van der Waals surface area contributed by atoms with E-state index in [1.54, 1.807) is 0 Å². The monoisotopic (exact) mass is 269 g/mol. The zero-order valence-electron chi connectivity index (χ0n) is 10.3. The van der Waals surface area contributed by atoms with Crippen LogP contribution in [0.15, 0.2) is 46.9 Å². The molecule has 5 nitrogen and oxygen atoms in total. The summed E-state index contributed by atoms with van der Waals surface area (Å²) in [5, 5.41) is 36.8. The molecule has 0 bridgehead atoms. The van der Waals surface area contributed by atoms with Crippen molar-refractivity contribution in [3.8, 4) is 28.6 Å².